The van der Waals surface area contributed by atoms with E-state index in [1.165, 1.54) is 16.8 Å². The van der Waals surface area contributed by atoms with Crippen molar-refractivity contribution < 1.29 is 9.18 Å². The predicted octanol–water partition coefficient (Wildman–Crippen LogP) is 1.97. The van der Waals surface area contributed by atoms with Crippen LogP contribution < -0.4 is 5.32 Å². The van der Waals surface area contributed by atoms with Crippen molar-refractivity contribution in [2.24, 2.45) is 0 Å². The van der Waals surface area contributed by atoms with Crippen molar-refractivity contribution in [1.29, 1.82) is 0 Å². The second-order valence-electron chi connectivity index (χ2n) is 3.74. The summed E-state index contributed by atoms with van der Waals surface area (Å²) in [5, 5.41) is 6.48. The molecule has 1 heterocycles. The largest absolute Gasteiger partial charge is 0.322 e. The number of hydrogen-bond acceptors (Lipinski definition) is 2. The van der Waals surface area contributed by atoms with Crippen LogP contribution in [0, 0.1) is 12.7 Å². The van der Waals surface area contributed by atoms with Crippen LogP contribution in [0.1, 0.15) is 5.56 Å². The van der Waals surface area contributed by atoms with Crippen LogP contribution >= 0.6 is 0 Å². The Morgan fingerprint density at radius 3 is 2.88 bits per heavy atom. The van der Waals surface area contributed by atoms with E-state index >= 15 is 0 Å². The van der Waals surface area contributed by atoms with E-state index in [9.17, 15) is 9.18 Å². The van der Waals surface area contributed by atoms with Gasteiger partial charge in [0, 0.05) is 6.20 Å². The summed E-state index contributed by atoms with van der Waals surface area (Å²) in [6.07, 6.45) is 3.41. The number of aryl methyl sites for hydroxylation is 1. The highest BCUT2D eigenvalue weighted by molar-refractivity contribution is 5.90. The molecular formula is C12H12FN3O. The fourth-order valence-corrected chi connectivity index (χ4v) is 1.45. The van der Waals surface area contributed by atoms with Crippen LogP contribution in [0.5, 0.6) is 0 Å². The van der Waals surface area contributed by atoms with Crippen molar-refractivity contribution in [2.45, 2.75) is 13.5 Å². The first-order valence-corrected chi connectivity index (χ1v) is 5.18. The third-order valence-electron chi connectivity index (χ3n) is 2.22. The maximum atomic E-state index is 13.3. The van der Waals surface area contributed by atoms with Gasteiger partial charge < -0.3 is 5.32 Å². The zero-order valence-corrected chi connectivity index (χ0v) is 9.35. The standard InChI is InChI=1S/C12H12FN3O/c1-9-6-14-16(7-9)8-12(17)15-11-5-3-2-4-10(11)13/h2-7H,8H2,1H3,(H,15,17). The number of nitrogens with one attached hydrogen (secondary N) is 1. The van der Waals surface area contributed by atoms with Crippen molar-refractivity contribution in [3.63, 3.8) is 0 Å². The number of amides is 1. The monoisotopic (exact) mass is 233 g/mol. The van der Waals surface area contributed by atoms with E-state index in [-0.39, 0.29) is 18.1 Å². The fraction of sp³-hybridized carbons (Fsp3) is 0.167. The van der Waals surface area contributed by atoms with Gasteiger partial charge in [-0.1, -0.05) is 12.1 Å². The molecule has 0 unspecified atom stereocenters. The third kappa shape index (κ3) is 2.90. The molecule has 0 aliphatic heterocycles. The van der Waals surface area contributed by atoms with Gasteiger partial charge in [-0.2, -0.15) is 5.10 Å². The number of benzene rings is 1. The Balaban J connectivity index is 2.01. The number of para-hydroxylation sites is 1. The summed E-state index contributed by atoms with van der Waals surface area (Å²) >= 11 is 0. The summed E-state index contributed by atoms with van der Waals surface area (Å²) in [6, 6.07) is 6.05. The normalized spacial score (nSPS) is 10.2. The van der Waals surface area contributed by atoms with Gasteiger partial charge in [0.15, 0.2) is 0 Å². The second-order valence-corrected chi connectivity index (χ2v) is 3.74. The van der Waals surface area contributed by atoms with Gasteiger partial charge in [0.2, 0.25) is 5.91 Å². The van der Waals surface area contributed by atoms with Crippen LogP contribution in [0.2, 0.25) is 0 Å². The summed E-state index contributed by atoms with van der Waals surface area (Å²) in [5.74, 6) is -0.754. The molecule has 2 rings (SSSR count). The Kier molecular flexibility index (Phi) is 3.18. The number of carbonyl (C=O) groups excluding carboxylic acids is 1. The molecule has 1 N–H and O–H groups in total. The van der Waals surface area contributed by atoms with E-state index in [4.69, 9.17) is 0 Å². The summed E-state index contributed by atoms with van der Waals surface area (Å²) in [4.78, 5) is 11.6. The summed E-state index contributed by atoms with van der Waals surface area (Å²) in [7, 11) is 0. The van der Waals surface area contributed by atoms with Gasteiger partial charge in [0.1, 0.15) is 12.4 Å². The SMILES string of the molecule is Cc1cnn(CC(=O)Nc2ccccc2F)c1. The van der Waals surface area contributed by atoms with E-state index in [0.29, 0.717) is 0 Å². The Bertz CT molecular complexity index is 536. The fourth-order valence-electron chi connectivity index (χ4n) is 1.45. The predicted molar refractivity (Wildman–Crippen MR) is 62.0 cm³/mol. The summed E-state index contributed by atoms with van der Waals surface area (Å²) in [5.41, 5.74) is 1.16. The molecule has 0 aliphatic carbocycles. The Morgan fingerprint density at radius 1 is 1.47 bits per heavy atom. The number of carbonyl (C=O) groups is 1. The molecule has 2 aromatic rings. The number of nitrogens with zero attached hydrogens (tertiary/aromatic N) is 2. The average Bonchev–Trinajstić information content (AvgIpc) is 2.67. The van der Waals surface area contributed by atoms with Gasteiger partial charge in [0.05, 0.1) is 11.9 Å². The lowest BCUT2D eigenvalue weighted by atomic mass is 10.3. The molecule has 0 atom stereocenters. The quantitative estimate of drug-likeness (QED) is 0.881. The Hall–Kier alpha value is -2.17. The van der Waals surface area contributed by atoms with Gasteiger partial charge in [-0.3, -0.25) is 9.48 Å². The van der Waals surface area contributed by atoms with Crippen LogP contribution in [0.3, 0.4) is 0 Å². The van der Waals surface area contributed by atoms with Crippen LogP contribution in [0.4, 0.5) is 10.1 Å². The first kappa shape index (κ1) is 11.3. The Labute approximate surface area is 98.1 Å². The molecule has 4 nitrogen and oxygen atoms in total. The van der Waals surface area contributed by atoms with Crippen molar-refractivity contribution >= 4 is 11.6 Å². The molecule has 0 saturated heterocycles. The van der Waals surface area contributed by atoms with E-state index in [1.807, 2.05) is 6.92 Å². The molecule has 1 aromatic carbocycles. The zero-order valence-electron chi connectivity index (χ0n) is 9.35. The lowest BCUT2D eigenvalue weighted by molar-refractivity contribution is -0.116. The first-order chi connectivity index (χ1) is 8.15. The Morgan fingerprint density at radius 2 is 2.24 bits per heavy atom. The number of halogens is 1. The number of aromatic nitrogens is 2. The minimum atomic E-state index is -0.447. The molecular weight excluding hydrogens is 221 g/mol. The summed E-state index contributed by atoms with van der Waals surface area (Å²) in [6.45, 7) is 1.96. The second kappa shape index (κ2) is 4.78. The highest BCUT2D eigenvalue weighted by Gasteiger charge is 2.07. The molecule has 0 bridgehead atoms. The van der Waals surface area contributed by atoms with Gasteiger partial charge in [-0.05, 0) is 24.6 Å². The van der Waals surface area contributed by atoms with E-state index in [2.05, 4.69) is 10.4 Å². The molecule has 0 fully saturated rings. The molecule has 0 aliphatic rings. The average molecular weight is 233 g/mol. The van der Waals surface area contributed by atoms with Crippen LogP contribution in [0.15, 0.2) is 36.7 Å². The topological polar surface area (TPSA) is 46.9 Å². The molecule has 17 heavy (non-hydrogen) atoms. The third-order valence-corrected chi connectivity index (χ3v) is 2.22. The minimum absolute atomic E-state index is 0.0716. The van der Waals surface area contributed by atoms with E-state index in [1.54, 1.807) is 24.5 Å². The maximum Gasteiger partial charge on any atom is 0.246 e. The van der Waals surface area contributed by atoms with E-state index < -0.39 is 5.82 Å². The van der Waals surface area contributed by atoms with Crippen molar-refractivity contribution in [3.05, 3.63) is 48.0 Å². The zero-order chi connectivity index (χ0) is 12.3. The molecule has 5 heteroatoms. The number of anilines is 1. The van der Waals surface area contributed by atoms with Gasteiger partial charge in [0.25, 0.3) is 0 Å². The maximum absolute atomic E-state index is 13.3. The van der Waals surface area contributed by atoms with Crippen molar-refractivity contribution in [1.82, 2.24) is 9.78 Å². The van der Waals surface area contributed by atoms with Crippen molar-refractivity contribution in [2.75, 3.05) is 5.32 Å². The van der Waals surface area contributed by atoms with Gasteiger partial charge in [-0.15, -0.1) is 0 Å². The van der Waals surface area contributed by atoms with Crippen LogP contribution in [0.25, 0.3) is 0 Å². The highest BCUT2D eigenvalue weighted by Crippen LogP contribution is 2.12. The van der Waals surface area contributed by atoms with Gasteiger partial charge in [-0.25, -0.2) is 4.39 Å². The molecule has 1 amide bonds. The molecule has 0 saturated carbocycles. The highest BCUT2D eigenvalue weighted by atomic mass is 19.1. The summed E-state index contributed by atoms with van der Waals surface area (Å²) < 4.78 is 14.8. The first-order valence-electron chi connectivity index (χ1n) is 5.18. The van der Waals surface area contributed by atoms with Crippen LogP contribution in [-0.2, 0) is 11.3 Å². The number of hydrogen-bond donors (Lipinski definition) is 1. The van der Waals surface area contributed by atoms with Crippen molar-refractivity contribution in [3.8, 4) is 0 Å². The lowest BCUT2D eigenvalue weighted by Crippen LogP contribution is -2.19. The van der Waals surface area contributed by atoms with Crippen LogP contribution in [-0.4, -0.2) is 15.7 Å². The number of rotatable bonds is 3. The van der Waals surface area contributed by atoms with Gasteiger partial charge >= 0.3 is 0 Å². The molecule has 0 spiro atoms. The molecule has 88 valence electrons. The van der Waals surface area contributed by atoms with E-state index in [0.717, 1.165) is 5.56 Å². The smallest absolute Gasteiger partial charge is 0.246 e. The minimum Gasteiger partial charge on any atom is -0.322 e. The molecule has 0 radical (unpaired) electrons. The molecule has 1 aromatic heterocycles. The lowest BCUT2D eigenvalue weighted by Gasteiger charge is -2.05.